The fourth-order valence-corrected chi connectivity index (χ4v) is 1.21. The zero-order valence-corrected chi connectivity index (χ0v) is 8.94. The van der Waals surface area contributed by atoms with Gasteiger partial charge in [0.1, 0.15) is 0 Å². The first-order valence-electron chi connectivity index (χ1n) is 4.40. The van der Waals surface area contributed by atoms with E-state index >= 15 is 0 Å². The third-order valence-corrected chi connectivity index (χ3v) is 2.70. The molecule has 0 spiro atoms. The Balaban J connectivity index is 2.86. The van der Waals surface area contributed by atoms with Crippen LogP contribution in [0.1, 0.15) is 20.8 Å². The predicted molar refractivity (Wildman–Crippen MR) is 54.2 cm³/mol. The van der Waals surface area contributed by atoms with E-state index in [0.717, 1.165) is 0 Å². The van der Waals surface area contributed by atoms with Gasteiger partial charge in [-0.05, 0) is 24.1 Å². The predicted octanol–water partition coefficient (Wildman–Crippen LogP) is 1.53. The number of H-pyrrole nitrogens is 2. The molecule has 1 atom stereocenters. The van der Waals surface area contributed by atoms with Crippen LogP contribution >= 0.6 is 12.2 Å². The standard InChI is InChI=1S/C8H15N3OS/c1-5(2)6(3)4-11-7(12)9-10-8(11)13/h5-6H,4H2,1-3H3,(H,9,12)(H,10,13). The Morgan fingerprint density at radius 1 is 1.38 bits per heavy atom. The monoisotopic (exact) mass is 201 g/mol. The molecule has 0 aromatic carbocycles. The van der Waals surface area contributed by atoms with E-state index in [1.54, 1.807) is 4.57 Å². The van der Waals surface area contributed by atoms with E-state index in [-0.39, 0.29) is 5.69 Å². The van der Waals surface area contributed by atoms with E-state index in [9.17, 15) is 4.79 Å². The Kier molecular flexibility index (Phi) is 3.08. The van der Waals surface area contributed by atoms with E-state index in [1.807, 2.05) is 0 Å². The summed E-state index contributed by atoms with van der Waals surface area (Å²) >= 11 is 4.95. The minimum Gasteiger partial charge on any atom is -0.272 e. The molecule has 1 aromatic rings. The van der Waals surface area contributed by atoms with Crippen molar-refractivity contribution in [2.24, 2.45) is 11.8 Å². The second kappa shape index (κ2) is 3.91. The normalized spacial score (nSPS) is 13.5. The SMILES string of the molecule is CC(C)C(C)Cn1c(=O)[nH][nH]c1=S. The van der Waals surface area contributed by atoms with Crippen molar-refractivity contribution in [2.75, 3.05) is 0 Å². The third-order valence-electron chi connectivity index (χ3n) is 2.38. The molecule has 2 N–H and O–H groups in total. The molecule has 1 aromatic heterocycles. The summed E-state index contributed by atoms with van der Waals surface area (Å²) < 4.78 is 2.03. The van der Waals surface area contributed by atoms with E-state index in [2.05, 4.69) is 31.0 Å². The van der Waals surface area contributed by atoms with Crippen LogP contribution in [0.25, 0.3) is 0 Å². The molecule has 5 heteroatoms. The van der Waals surface area contributed by atoms with Gasteiger partial charge in [-0.15, -0.1) is 0 Å². The van der Waals surface area contributed by atoms with Gasteiger partial charge in [-0.25, -0.2) is 9.89 Å². The van der Waals surface area contributed by atoms with Crippen LogP contribution in [0.3, 0.4) is 0 Å². The highest BCUT2D eigenvalue weighted by Gasteiger charge is 2.10. The summed E-state index contributed by atoms with van der Waals surface area (Å²) in [6.07, 6.45) is 0. The summed E-state index contributed by atoms with van der Waals surface area (Å²) in [5.74, 6) is 1.000. The van der Waals surface area contributed by atoms with Crippen molar-refractivity contribution in [3.63, 3.8) is 0 Å². The van der Waals surface area contributed by atoms with Crippen LogP contribution in [-0.4, -0.2) is 14.8 Å². The van der Waals surface area contributed by atoms with Gasteiger partial charge in [0.05, 0.1) is 0 Å². The van der Waals surface area contributed by atoms with Gasteiger partial charge in [0, 0.05) is 6.54 Å². The van der Waals surface area contributed by atoms with Crippen molar-refractivity contribution in [1.82, 2.24) is 14.8 Å². The van der Waals surface area contributed by atoms with Gasteiger partial charge in [0.2, 0.25) is 0 Å². The highest BCUT2D eigenvalue weighted by molar-refractivity contribution is 7.71. The fourth-order valence-electron chi connectivity index (χ4n) is 0.999. The Morgan fingerprint density at radius 3 is 2.38 bits per heavy atom. The lowest BCUT2D eigenvalue weighted by Crippen LogP contribution is -2.22. The molecule has 1 rings (SSSR count). The lowest BCUT2D eigenvalue weighted by atomic mass is 9.98. The van der Waals surface area contributed by atoms with Crippen LogP contribution in [0.15, 0.2) is 4.79 Å². The van der Waals surface area contributed by atoms with Crippen molar-refractivity contribution in [3.8, 4) is 0 Å². The van der Waals surface area contributed by atoms with Crippen molar-refractivity contribution in [3.05, 3.63) is 15.3 Å². The molecule has 1 heterocycles. The molecule has 0 aliphatic rings. The fraction of sp³-hybridized carbons (Fsp3) is 0.750. The van der Waals surface area contributed by atoms with E-state index < -0.39 is 0 Å². The zero-order valence-electron chi connectivity index (χ0n) is 8.13. The minimum absolute atomic E-state index is 0.155. The molecule has 0 saturated heterocycles. The number of aromatic amines is 2. The van der Waals surface area contributed by atoms with Gasteiger partial charge >= 0.3 is 5.69 Å². The van der Waals surface area contributed by atoms with Crippen LogP contribution in [0.2, 0.25) is 0 Å². The number of hydrogen-bond acceptors (Lipinski definition) is 2. The average molecular weight is 201 g/mol. The van der Waals surface area contributed by atoms with Crippen LogP contribution in [0.5, 0.6) is 0 Å². The maximum atomic E-state index is 11.2. The van der Waals surface area contributed by atoms with Crippen LogP contribution in [0, 0.1) is 16.6 Å². The molecule has 0 aliphatic carbocycles. The van der Waals surface area contributed by atoms with E-state index in [4.69, 9.17) is 12.2 Å². The van der Waals surface area contributed by atoms with Gasteiger partial charge in [-0.2, -0.15) is 0 Å². The smallest absolute Gasteiger partial charge is 0.272 e. The average Bonchev–Trinajstić information content (AvgIpc) is 2.35. The topological polar surface area (TPSA) is 53.6 Å². The Bertz CT molecular complexity index is 346. The minimum atomic E-state index is -0.155. The molecule has 74 valence electrons. The summed E-state index contributed by atoms with van der Waals surface area (Å²) in [6, 6.07) is 0. The van der Waals surface area contributed by atoms with E-state index in [0.29, 0.717) is 23.2 Å². The van der Waals surface area contributed by atoms with Crippen LogP contribution in [0.4, 0.5) is 0 Å². The number of hydrogen-bond donors (Lipinski definition) is 2. The van der Waals surface area contributed by atoms with Gasteiger partial charge in [-0.1, -0.05) is 20.8 Å². The Hall–Kier alpha value is -0.840. The molecule has 0 aliphatic heterocycles. The first-order valence-corrected chi connectivity index (χ1v) is 4.80. The first kappa shape index (κ1) is 10.2. The molecule has 0 radical (unpaired) electrons. The molecule has 13 heavy (non-hydrogen) atoms. The highest BCUT2D eigenvalue weighted by atomic mass is 32.1. The summed E-state index contributed by atoms with van der Waals surface area (Å²) in [4.78, 5) is 11.2. The summed E-state index contributed by atoms with van der Waals surface area (Å²) in [5, 5.41) is 5.08. The summed E-state index contributed by atoms with van der Waals surface area (Å²) in [6.45, 7) is 7.05. The van der Waals surface area contributed by atoms with Crippen molar-refractivity contribution in [2.45, 2.75) is 27.3 Å². The lowest BCUT2D eigenvalue weighted by Gasteiger charge is -2.14. The maximum absolute atomic E-state index is 11.2. The first-order chi connectivity index (χ1) is 6.02. The van der Waals surface area contributed by atoms with Gasteiger partial charge in [-0.3, -0.25) is 9.67 Å². The second-order valence-electron chi connectivity index (χ2n) is 3.69. The van der Waals surface area contributed by atoms with E-state index in [1.165, 1.54) is 0 Å². The number of aromatic nitrogens is 3. The quantitative estimate of drug-likeness (QED) is 0.729. The summed E-state index contributed by atoms with van der Waals surface area (Å²) in [5.41, 5.74) is -0.155. The third kappa shape index (κ3) is 2.30. The Morgan fingerprint density at radius 2 is 2.00 bits per heavy atom. The maximum Gasteiger partial charge on any atom is 0.342 e. The van der Waals surface area contributed by atoms with Crippen molar-refractivity contribution < 1.29 is 0 Å². The molecule has 4 nitrogen and oxygen atoms in total. The molecule has 1 unspecified atom stereocenters. The lowest BCUT2D eigenvalue weighted by molar-refractivity contribution is 0.359. The van der Waals surface area contributed by atoms with Gasteiger partial charge in [0.15, 0.2) is 4.77 Å². The van der Waals surface area contributed by atoms with Gasteiger partial charge < -0.3 is 0 Å². The van der Waals surface area contributed by atoms with Crippen LogP contribution in [-0.2, 0) is 6.54 Å². The van der Waals surface area contributed by atoms with Gasteiger partial charge in [0.25, 0.3) is 0 Å². The molecule has 0 bridgehead atoms. The Labute approximate surface area is 82.0 Å². The summed E-state index contributed by atoms with van der Waals surface area (Å²) in [7, 11) is 0. The molecule has 0 fully saturated rings. The molecular weight excluding hydrogens is 186 g/mol. The number of rotatable bonds is 3. The van der Waals surface area contributed by atoms with Crippen molar-refractivity contribution in [1.29, 1.82) is 0 Å². The molecule has 0 amide bonds. The molecule has 0 saturated carbocycles. The largest absolute Gasteiger partial charge is 0.342 e. The second-order valence-corrected chi connectivity index (χ2v) is 4.08. The highest BCUT2D eigenvalue weighted by Crippen LogP contribution is 2.10. The number of nitrogens with zero attached hydrogens (tertiary/aromatic N) is 1. The zero-order chi connectivity index (χ0) is 10.0. The van der Waals surface area contributed by atoms with Crippen LogP contribution < -0.4 is 5.69 Å². The molecular formula is C8H15N3OS. The number of nitrogens with one attached hydrogen (secondary N) is 2. The van der Waals surface area contributed by atoms with Crippen molar-refractivity contribution >= 4 is 12.2 Å².